The van der Waals surface area contributed by atoms with Crippen molar-refractivity contribution in [3.8, 4) is 0 Å². The maximum atomic E-state index is 5.91. The summed E-state index contributed by atoms with van der Waals surface area (Å²) in [6, 6.07) is 0. The lowest BCUT2D eigenvalue weighted by Gasteiger charge is -2.42. The number of hydrogen-bond acceptors (Lipinski definition) is 3. The summed E-state index contributed by atoms with van der Waals surface area (Å²) in [7, 11) is 0. The van der Waals surface area contributed by atoms with Crippen LogP contribution in [0.5, 0.6) is 0 Å². The van der Waals surface area contributed by atoms with Crippen molar-refractivity contribution in [2.24, 2.45) is 11.7 Å². The van der Waals surface area contributed by atoms with Crippen LogP contribution in [0, 0.1) is 5.92 Å². The van der Waals surface area contributed by atoms with Gasteiger partial charge in [-0.15, -0.1) is 0 Å². The predicted molar refractivity (Wildman–Crippen MR) is 68.5 cm³/mol. The Bertz CT molecular complexity index is 204. The molecular weight excluding hydrogens is 200 g/mol. The van der Waals surface area contributed by atoms with Crippen LogP contribution in [0.25, 0.3) is 0 Å². The Labute approximate surface area is 100 Å². The Balaban J connectivity index is 2.35. The lowest BCUT2D eigenvalue weighted by atomic mass is 10.0. The molecule has 16 heavy (non-hydrogen) atoms. The molecule has 1 unspecified atom stereocenters. The van der Waals surface area contributed by atoms with E-state index in [-0.39, 0.29) is 11.7 Å². The quantitative estimate of drug-likeness (QED) is 0.780. The van der Waals surface area contributed by atoms with Gasteiger partial charge in [-0.2, -0.15) is 0 Å². The molecule has 1 saturated heterocycles. The average Bonchev–Trinajstić information content (AvgIpc) is 2.14. The first kappa shape index (κ1) is 13.9. The van der Waals surface area contributed by atoms with Crippen molar-refractivity contribution in [3.63, 3.8) is 0 Å². The fraction of sp³-hybridized carbons (Fsp3) is 1.00. The van der Waals surface area contributed by atoms with Crippen molar-refractivity contribution in [3.05, 3.63) is 0 Å². The molecule has 3 heteroatoms. The molecule has 0 aliphatic carbocycles. The second kappa shape index (κ2) is 5.99. The van der Waals surface area contributed by atoms with Crippen LogP contribution in [0.3, 0.4) is 0 Å². The minimum Gasteiger partial charge on any atom is -0.368 e. The van der Waals surface area contributed by atoms with Crippen molar-refractivity contribution in [1.29, 1.82) is 0 Å². The summed E-state index contributed by atoms with van der Waals surface area (Å²) >= 11 is 0. The van der Waals surface area contributed by atoms with Crippen LogP contribution in [-0.2, 0) is 4.74 Å². The number of ether oxygens (including phenoxy) is 1. The predicted octanol–water partition coefficient (Wildman–Crippen LogP) is 1.86. The van der Waals surface area contributed by atoms with E-state index < -0.39 is 0 Å². The van der Waals surface area contributed by atoms with Gasteiger partial charge in [0, 0.05) is 19.6 Å². The van der Waals surface area contributed by atoms with Crippen molar-refractivity contribution >= 4 is 0 Å². The van der Waals surface area contributed by atoms with Gasteiger partial charge in [0.15, 0.2) is 0 Å². The topological polar surface area (TPSA) is 38.5 Å². The lowest BCUT2D eigenvalue weighted by molar-refractivity contribution is -0.132. The van der Waals surface area contributed by atoms with Gasteiger partial charge >= 0.3 is 0 Å². The van der Waals surface area contributed by atoms with Crippen molar-refractivity contribution in [2.75, 3.05) is 26.2 Å². The van der Waals surface area contributed by atoms with Gasteiger partial charge in [0.1, 0.15) is 0 Å². The van der Waals surface area contributed by atoms with Crippen LogP contribution in [0.4, 0.5) is 0 Å². The summed E-state index contributed by atoms with van der Waals surface area (Å²) in [6.45, 7) is 12.7. The van der Waals surface area contributed by atoms with Crippen LogP contribution in [-0.4, -0.2) is 42.8 Å². The standard InChI is InChI=1S/C13H28N2O/c1-11(2)6-5-7-15-9-12(8-14)16-13(3,4)10-15/h11-12H,5-10,14H2,1-4H3. The molecule has 0 spiro atoms. The largest absolute Gasteiger partial charge is 0.368 e. The van der Waals surface area contributed by atoms with Crippen molar-refractivity contribution in [2.45, 2.75) is 52.2 Å². The minimum absolute atomic E-state index is 0.0416. The highest BCUT2D eigenvalue weighted by molar-refractivity contribution is 4.84. The van der Waals surface area contributed by atoms with Gasteiger partial charge in [0.05, 0.1) is 11.7 Å². The first-order valence-electron chi connectivity index (χ1n) is 6.53. The van der Waals surface area contributed by atoms with Crippen LogP contribution in [0.1, 0.15) is 40.5 Å². The van der Waals surface area contributed by atoms with E-state index in [1.807, 2.05) is 0 Å². The number of nitrogens with zero attached hydrogens (tertiary/aromatic N) is 1. The number of rotatable bonds is 5. The fourth-order valence-electron chi connectivity index (χ4n) is 2.43. The van der Waals surface area contributed by atoms with Gasteiger partial charge in [-0.1, -0.05) is 13.8 Å². The van der Waals surface area contributed by atoms with Crippen LogP contribution in [0.2, 0.25) is 0 Å². The molecule has 96 valence electrons. The summed E-state index contributed by atoms with van der Waals surface area (Å²) in [5, 5.41) is 0. The van der Waals surface area contributed by atoms with E-state index in [9.17, 15) is 0 Å². The molecule has 0 aromatic carbocycles. The number of hydrogen-bond donors (Lipinski definition) is 1. The Kier molecular flexibility index (Phi) is 5.22. The zero-order chi connectivity index (χ0) is 12.2. The fourth-order valence-corrected chi connectivity index (χ4v) is 2.43. The third-order valence-corrected chi connectivity index (χ3v) is 3.07. The maximum absolute atomic E-state index is 5.91. The van der Waals surface area contributed by atoms with Gasteiger partial charge in [-0.25, -0.2) is 0 Å². The van der Waals surface area contributed by atoms with E-state index >= 15 is 0 Å². The molecular formula is C13H28N2O. The van der Waals surface area contributed by atoms with E-state index in [1.165, 1.54) is 19.4 Å². The molecule has 1 atom stereocenters. The first-order chi connectivity index (χ1) is 7.43. The monoisotopic (exact) mass is 228 g/mol. The molecule has 0 amide bonds. The van der Waals surface area contributed by atoms with E-state index in [2.05, 4.69) is 32.6 Å². The second-order valence-electron chi connectivity index (χ2n) is 6.01. The maximum Gasteiger partial charge on any atom is 0.0831 e. The van der Waals surface area contributed by atoms with Crippen molar-refractivity contribution < 1.29 is 4.74 Å². The average molecular weight is 228 g/mol. The van der Waals surface area contributed by atoms with Crippen LogP contribution in [0.15, 0.2) is 0 Å². The summed E-state index contributed by atoms with van der Waals surface area (Å²) < 4.78 is 5.91. The Morgan fingerprint density at radius 2 is 2.12 bits per heavy atom. The molecule has 0 aromatic heterocycles. The molecule has 0 aromatic rings. The Morgan fingerprint density at radius 3 is 2.69 bits per heavy atom. The summed E-state index contributed by atoms with van der Waals surface area (Å²) in [4.78, 5) is 2.50. The van der Waals surface area contributed by atoms with Gasteiger partial charge < -0.3 is 10.5 Å². The van der Waals surface area contributed by atoms with Gasteiger partial charge in [-0.05, 0) is 39.2 Å². The molecule has 1 aliphatic rings. The highest BCUT2D eigenvalue weighted by Gasteiger charge is 2.32. The zero-order valence-corrected chi connectivity index (χ0v) is 11.3. The third kappa shape index (κ3) is 4.81. The van der Waals surface area contributed by atoms with E-state index in [4.69, 9.17) is 10.5 Å². The second-order valence-corrected chi connectivity index (χ2v) is 6.01. The molecule has 0 radical (unpaired) electrons. The lowest BCUT2D eigenvalue weighted by Crippen LogP contribution is -2.54. The molecule has 1 fully saturated rings. The molecule has 2 N–H and O–H groups in total. The smallest absolute Gasteiger partial charge is 0.0831 e. The normalized spacial score (nSPS) is 26.2. The van der Waals surface area contributed by atoms with Crippen molar-refractivity contribution in [1.82, 2.24) is 4.90 Å². The van der Waals surface area contributed by atoms with E-state index in [1.54, 1.807) is 0 Å². The van der Waals surface area contributed by atoms with Gasteiger partial charge in [0.2, 0.25) is 0 Å². The first-order valence-corrected chi connectivity index (χ1v) is 6.53. The summed E-state index contributed by atoms with van der Waals surface area (Å²) in [5.41, 5.74) is 5.67. The summed E-state index contributed by atoms with van der Waals surface area (Å²) in [5.74, 6) is 0.805. The number of morpholine rings is 1. The van der Waals surface area contributed by atoms with Crippen LogP contribution >= 0.6 is 0 Å². The molecule has 0 saturated carbocycles. The molecule has 1 aliphatic heterocycles. The summed E-state index contributed by atoms with van der Waals surface area (Å²) in [6.07, 6.45) is 2.80. The molecule has 3 nitrogen and oxygen atoms in total. The Morgan fingerprint density at radius 1 is 1.44 bits per heavy atom. The van der Waals surface area contributed by atoms with Gasteiger partial charge in [-0.3, -0.25) is 4.90 Å². The molecule has 0 bridgehead atoms. The SMILES string of the molecule is CC(C)CCCN1CC(CN)OC(C)(C)C1. The zero-order valence-electron chi connectivity index (χ0n) is 11.3. The van der Waals surface area contributed by atoms with Crippen LogP contribution < -0.4 is 5.73 Å². The minimum atomic E-state index is -0.0416. The highest BCUT2D eigenvalue weighted by atomic mass is 16.5. The highest BCUT2D eigenvalue weighted by Crippen LogP contribution is 2.21. The molecule has 1 heterocycles. The van der Waals surface area contributed by atoms with Gasteiger partial charge in [0.25, 0.3) is 0 Å². The Hall–Kier alpha value is -0.120. The molecule has 1 rings (SSSR count). The van der Waals surface area contributed by atoms with E-state index in [0.717, 1.165) is 19.0 Å². The van der Waals surface area contributed by atoms with E-state index in [0.29, 0.717) is 6.54 Å². The number of nitrogens with two attached hydrogens (primary N) is 1. The third-order valence-electron chi connectivity index (χ3n) is 3.07.